The van der Waals surface area contributed by atoms with Crippen LogP contribution in [0.2, 0.25) is 0 Å². The maximum absolute atomic E-state index is 12.2. The summed E-state index contributed by atoms with van der Waals surface area (Å²) in [6.07, 6.45) is 1.27. The molecule has 1 rings (SSSR count). The van der Waals surface area contributed by atoms with E-state index in [1.807, 2.05) is 0 Å². The van der Waals surface area contributed by atoms with E-state index in [2.05, 4.69) is 0 Å². The summed E-state index contributed by atoms with van der Waals surface area (Å²) in [4.78, 5) is 0. The van der Waals surface area contributed by atoms with Crippen LogP contribution in [0.25, 0.3) is 0 Å². The predicted octanol–water partition coefficient (Wildman–Crippen LogP) is 1.22. The molecular weight excluding hydrogens is 199 g/mol. The Morgan fingerprint density at radius 1 is 1.50 bits per heavy atom. The van der Waals surface area contributed by atoms with Crippen LogP contribution in [0.4, 0.5) is 4.39 Å². The summed E-state index contributed by atoms with van der Waals surface area (Å²) in [7, 11) is 1.63. The highest BCUT2D eigenvalue weighted by molar-refractivity contribution is 8.93. The Bertz CT molecular complexity index is 269. The zero-order valence-electron chi connectivity index (χ0n) is 5.47. The molecule has 1 aromatic heterocycles. The van der Waals surface area contributed by atoms with Gasteiger partial charge in [-0.2, -0.15) is 0 Å². The van der Waals surface area contributed by atoms with Gasteiger partial charge in [-0.15, -0.1) is 17.0 Å². The molecule has 0 fully saturated rings. The lowest BCUT2D eigenvalue weighted by molar-refractivity contribution is 0.601. The Labute approximate surface area is 68.6 Å². The summed E-state index contributed by atoms with van der Waals surface area (Å²) in [5, 5.41) is 7.11. The number of hydrogen-bond acceptors (Lipinski definition) is 1. The maximum Gasteiger partial charge on any atom is 0.139 e. The number of rotatable bonds is 0. The number of hydrogen-bond donors (Lipinski definition) is 1. The number of pyridine rings is 1. The van der Waals surface area contributed by atoms with E-state index in [1.165, 1.54) is 22.9 Å². The van der Waals surface area contributed by atoms with Crippen LogP contribution < -0.4 is 5.49 Å². The summed E-state index contributed by atoms with van der Waals surface area (Å²) in [6.45, 7) is 0. The molecule has 1 aromatic rings. The average molecular weight is 207 g/mol. The standard InChI is InChI=1S/C6H7FN2.BrH/c1-9-4-5(7)2-3-6(9)8;/h2-4,8H,1H3;1H. The number of nitrogens with one attached hydrogen (secondary N) is 1. The molecule has 0 bridgehead atoms. The average Bonchev–Trinajstić information content (AvgIpc) is 1.80. The minimum atomic E-state index is -0.312. The van der Waals surface area contributed by atoms with Crippen molar-refractivity contribution >= 4 is 17.0 Å². The normalized spacial score (nSPS) is 8.60. The lowest BCUT2D eigenvalue weighted by atomic mass is 10.5. The van der Waals surface area contributed by atoms with Gasteiger partial charge in [0, 0.05) is 13.2 Å². The smallest absolute Gasteiger partial charge is 0.139 e. The summed E-state index contributed by atoms with van der Waals surface area (Å²) in [5.74, 6) is -0.312. The van der Waals surface area contributed by atoms with Crippen molar-refractivity contribution in [1.29, 1.82) is 5.41 Å². The first kappa shape index (κ1) is 9.36. The minimum Gasteiger partial charge on any atom is -0.334 e. The van der Waals surface area contributed by atoms with Crippen LogP contribution in [0.3, 0.4) is 0 Å². The van der Waals surface area contributed by atoms with Gasteiger partial charge in [0.05, 0.1) is 0 Å². The molecule has 0 unspecified atom stereocenters. The lowest BCUT2D eigenvalue weighted by Gasteiger charge is -1.94. The Hall–Kier alpha value is -0.640. The fourth-order valence-corrected chi connectivity index (χ4v) is 0.574. The molecule has 10 heavy (non-hydrogen) atoms. The van der Waals surface area contributed by atoms with Gasteiger partial charge in [0.2, 0.25) is 0 Å². The maximum atomic E-state index is 12.2. The van der Waals surface area contributed by atoms with Crippen molar-refractivity contribution in [1.82, 2.24) is 4.57 Å². The first-order chi connectivity index (χ1) is 4.20. The summed E-state index contributed by atoms with van der Waals surface area (Å²) < 4.78 is 13.7. The van der Waals surface area contributed by atoms with Gasteiger partial charge in [-0.05, 0) is 12.1 Å². The SMILES string of the molecule is Br.Cn1cc(F)ccc1=N. The van der Waals surface area contributed by atoms with Crippen LogP contribution in [-0.4, -0.2) is 4.57 Å². The van der Waals surface area contributed by atoms with Crippen molar-refractivity contribution in [3.63, 3.8) is 0 Å². The third kappa shape index (κ3) is 1.95. The van der Waals surface area contributed by atoms with Crippen LogP contribution in [0.5, 0.6) is 0 Å². The third-order valence-corrected chi connectivity index (χ3v) is 1.10. The molecular formula is C6H8BrFN2. The number of aromatic nitrogens is 1. The second kappa shape index (κ2) is 3.51. The van der Waals surface area contributed by atoms with E-state index < -0.39 is 0 Å². The fraction of sp³-hybridized carbons (Fsp3) is 0.167. The van der Waals surface area contributed by atoms with Gasteiger partial charge in [-0.3, -0.25) is 5.41 Å². The molecule has 1 N–H and O–H groups in total. The van der Waals surface area contributed by atoms with Gasteiger partial charge >= 0.3 is 0 Å². The quantitative estimate of drug-likeness (QED) is 0.662. The largest absolute Gasteiger partial charge is 0.334 e. The summed E-state index contributed by atoms with van der Waals surface area (Å²) in [6, 6.07) is 2.68. The molecule has 0 radical (unpaired) electrons. The van der Waals surface area contributed by atoms with E-state index in [4.69, 9.17) is 5.41 Å². The highest BCUT2D eigenvalue weighted by atomic mass is 79.9. The molecule has 0 saturated heterocycles. The van der Waals surface area contributed by atoms with Gasteiger partial charge in [0.25, 0.3) is 0 Å². The zero-order valence-corrected chi connectivity index (χ0v) is 7.18. The highest BCUT2D eigenvalue weighted by Crippen LogP contribution is 1.87. The molecule has 56 valence electrons. The van der Waals surface area contributed by atoms with Crippen LogP contribution in [0.1, 0.15) is 0 Å². The first-order valence-electron chi connectivity index (χ1n) is 2.57. The molecule has 0 saturated carbocycles. The minimum absolute atomic E-state index is 0. The molecule has 0 atom stereocenters. The van der Waals surface area contributed by atoms with E-state index in [0.29, 0.717) is 5.49 Å². The molecule has 0 aliphatic rings. The topological polar surface area (TPSA) is 28.8 Å². The van der Waals surface area contributed by atoms with Crippen LogP contribution in [0, 0.1) is 11.2 Å². The second-order valence-corrected chi connectivity index (χ2v) is 1.84. The van der Waals surface area contributed by atoms with Crippen molar-refractivity contribution < 1.29 is 4.39 Å². The van der Waals surface area contributed by atoms with Crippen molar-refractivity contribution in [3.05, 3.63) is 29.6 Å². The molecule has 0 aromatic carbocycles. The van der Waals surface area contributed by atoms with Crippen molar-refractivity contribution in [2.75, 3.05) is 0 Å². The van der Waals surface area contributed by atoms with Crippen LogP contribution >= 0.6 is 17.0 Å². The van der Waals surface area contributed by atoms with E-state index in [-0.39, 0.29) is 22.8 Å². The Morgan fingerprint density at radius 2 is 2.10 bits per heavy atom. The fourth-order valence-electron chi connectivity index (χ4n) is 0.574. The Balaban J connectivity index is 0.000000810. The molecule has 0 aliphatic heterocycles. The molecule has 1 heterocycles. The van der Waals surface area contributed by atoms with Crippen molar-refractivity contribution in [3.8, 4) is 0 Å². The van der Waals surface area contributed by atoms with Crippen LogP contribution in [-0.2, 0) is 7.05 Å². The molecule has 0 aliphatic carbocycles. The Kier molecular flexibility index (Phi) is 3.28. The monoisotopic (exact) mass is 206 g/mol. The number of aryl methyl sites for hydroxylation is 1. The van der Waals surface area contributed by atoms with Gasteiger partial charge in [-0.1, -0.05) is 0 Å². The zero-order chi connectivity index (χ0) is 6.85. The third-order valence-electron chi connectivity index (χ3n) is 1.10. The highest BCUT2D eigenvalue weighted by Gasteiger charge is 1.86. The molecule has 0 amide bonds. The summed E-state index contributed by atoms with van der Waals surface area (Å²) >= 11 is 0. The van der Waals surface area contributed by atoms with E-state index >= 15 is 0 Å². The number of nitrogens with zero attached hydrogens (tertiary/aromatic N) is 1. The lowest BCUT2D eigenvalue weighted by Crippen LogP contribution is -2.14. The summed E-state index contributed by atoms with van der Waals surface area (Å²) in [5.41, 5.74) is 0.302. The predicted molar refractivity (Wildman–Crippen MR) is 41.5 cm³/mol. The molecule has 2 nitrogen and oxygen atoms in total. The number of halogens is 2. The molecule has 4 heteroatoms. The van der Waals surface area contributed by atoms with E-state index in [0.717, 1.165) is 0 Å². The first-order valence-corrected chi connectivity index (χ1v) is 2.57. The van der Waals surface area contributed by atoms with Crippen molar-refractivity contribution in [2.24, 2.45) is 7.05 Å². The molecule has 0 spiro atoms. The van der Waals surface area contributed by atoms with Crippen LogP contribution in [0.15, 0.2) is 18.3 Å². The van der Waals surface area contributed by atoms with Gasteiger partial charge in [0.15, 0.2) is 0 Å². The Morgan fingerprint density at radius 3 is 2.50 bits per heavy atom. The van der Waals surface area contributed by atoms with Gasteiger partial charge in [-0.25, -0.2) is 4.39 Å². The van der Waals surface area contributed by atoms with Gasteiger partial charge < -0.3 is 4.57 Å². The van der Waals surface area contributed by atoms with E-state index in [1.54, 1.807) is 7.05 Å². The second-order valence-electron chi connectivity index (χ2n) is 1.84. The van der Waals surface area contributed by atoms with Crippen molar-refractivity contribution in [2.45, 2.75) is 0 Å². The van der Waals surface area contributed by atoms with Gasteiger partial charge in [0.1, 0.15) is 11.3 Å². The van der Waals surface area contributed by atoms with E-state index in [9.17, 15) is 4.39 Å².